The predicted octanol–water partition coefficient (Wildman–Crippen LogP) is 16.5. The molecule has 13 rings (SSSR count). The molecule has 0 N–H and O–H groups in total. The van der Waals surface area contributed by atoms with Crippen LogP contribution in [-0.4, -0.2) is 4.57 Å². The summed E-state index contributed by atoms with van der Waals surface area (Å²) in [6, 6.07) is 78.1. The van der Waals surface area contributed by atoms with Crippen molar-refractivity contribution in [1.82, 2.24) is 4.57 Å². The van der Waals surface area contributed by atoms with E-state index in [1.54, 1.807) is 0 Å². The van der Waals surface area contributed by atoms with E-state index in [2.05, 4.69) is 204 Å². The van der Waals surface area contributed by atoms with Crippen molar-refractivity contribution in [3.8, 4) is 27.9 Å². The minimum Gasteiger partial charge on any atom is -0.456 e. The topological polar surface area (TPSA) is 34.5 Å². The first-order valence-corrected chi connectivity index (χ1v) is 21.1. The second-order valence-corrected chi connectivity index (χ2v) is 16.1. The Morgan fingerprint density at radius 3 is 1.58 bits per heavy atom. The zero-order valence-electron chi connectivity index (χ0n) is 33.5. The van der Waals surface area contributed by atoms with Gasteiger partial charge in [0.25, 0.3) is 0 Å². The summed E-state index contributed by atoms with van der Waals surface area (Å²) in [5.41, 5.74) is 14.5. The fourth-order valence-corrected chi connectivity index (χ4v) is 9.76. The highest BCUT2D eigenvalue weighted by Gasteiger charge is 2.20. The van der Waals surface area contributed by atoms with E-state index < -0.39 is 0 Å². The third-order valence-electron chi connectivity index (χ3n) is 12.5. The summed E-state index contributed by atoms with van der Waals surface area (Å²) in [5.74, 6) is 0. The summed E-state index contributed by atoms with van der Waals surface area (Å²) < 4.78 is 15.4. The Kier molecular flexibility index (Phi) is 7.57. The summed E-state index contributed by atoms with van der Waals surface area (Å²) in [6.07, 6.45) is 0. The van der Waals surface area contributed by atoms with Gasteiger partial charge in [0.2, 0.25) is 0 Å². The van der Waals surface area contributed by atoms with E-state index in [0.717, 1.165) is 83.3 Å². The molecule has 0 bridgehead atoms. The van der Waals surface area contributed by atoms with Crippen LogP contribution in [0.1, 0.15) is 0 Å². The Bertz CT molecular complexity index is 3850. The molecule has 4 nitrogen and oxygen atoms in total. The van der Waals surface area contributed by atoms with Gasteiger partial charge in [-0.25, -0.2) is 0 Å². The minimum absolute atomic E-state index is 0.845. The normalized spacial score (nSPS) is 11.9. The maximum Gasteiger partial charge on any atom is 0.143 e. The summed E-state index contributed by atoms with van der Waals surface area (Å²) >= 11 is 0. The maximum absolute atomic E-state index is 6.54. The van der Waals surface area contributed by atoms with Gasteiger partial charge in [-0.3, -0.25) is 0 Å². The first kappa shape index (κ1) is 34.5. The van der Waals surface area contributed by atoms with Gasteiger partial charge < -0.3 is 18.3 Å². The fourth-order valence-electron chi connectivity index (χ4n) is 9.76. The lowest BCUT2D eigenvalue weighted by Gasteiger charge is -2.26. The zero-order chi connectivity index (χ0) is 40.7. The van der Waals surface area contributed by atoms with Gasteiger partial charge in [0.05, 0.1) is 11.0 Å². The molecular weight excluding hydrogens is 757 g/mol. The monoisotopic (exact) mass is 792 g/mol. The number of hydrogen-bond donors (Lipinski definition) is 0. The lowest BCUT2D eigenvalue weighted by Crippen LogP contribution is -2.10. The van der Waals surface area contributed by atoms with E-state index in [9.17, 15) is 0 Å². The molecule has 10 aromatic carbocycles. The van der Waals surface area contributed by atoms with Crippen LogP contribution in [0.3, 0.4) is 0 Å². The number of anilines is 3. The molecule has 0 saturated heterocycles. The third kappa shape index (κ3) is 5.33. The molecular formula is C58H36N2O2. The Balaban J connectivity index is 1.01. The van der Waals surface area contributed by atoms with E-state index in [-0.39, 0.29) is 0 Å². The van der Waals surface area contributed by atoms with Gasteiger partial charge in [0.1, 0.15) is 22.3 Å². The smallest absolute Gasteiger partial charge is 0.143 e. The van der Waals surface area contributed by atoms with Crippen LogP contribution in [0.5, 0.6) is 0 Å². The first-order valence-electron chi connectivity index (χ1n) is 21.1. The van der Waals surface area contributed by atoms with Gasteiger partial charge in [-0.05, 0) is 100 Å². The molecule has 0 aliphatic carbocycles. The second-order valence-electron chi connectivity index (χ2n) is 16.1. The molecule has 0 unspecified atom stereocenters. The van der Waals surface area contributed by atoms with Crippen LogP contribution in [0, 0.1) is 0 Å². The van der Waals surface area contributed by atoms with E-state index >= 15 is 0 Å². The minimum atomic E-state index is 0.845. The molecule has 3 heterocycles. The van der Waals surface area contributed by atoms with Crippen LogP contribution in [0.2, 0.25) is 0 Å². The maximum atomic E-state index is 6.54. The largest absolute Gasteiger partial charge is 0.456 e. The number of hydrogen-bond acceptors (Lipinski definition) is 3. The highest BCUT2D eigenvalue weighted by Crippen LogP contribution is 2.44. The average Bonchev–Trinajstić information content (AvgIpc) is 4.01. The molecule has 0 aliphatic rings. The van der Waals surface area contributed by atoms with Crippen molar-refractivity contribution in [2.45, 2.75) is 0 Å². The van der Waals surface area contributed by atoms with Crippen LogP contribution in [-0.2, 0) is 0 Å². The van der Waals surface area contributed by atoms with E-state index in [0.29, 0.717) is 0 Å². The van der Waals surface area contributed by atoms with Crippen molar-refractivity contribution in [2.75, 3.05) is 4.90 Å². The van der Waals surface area contributed by atoms with Crippen molar-refractivity contribution in [2.24, 2.45) is 0 Å². The van der Waals surface area contributed by atoms with E-state index in [4.69, 9.17) is 8.83 Å². The summed E-state index contributed by atoms with van der Waals surface area (Å²) in [4.78, 5) is 2.34. The lowest BCUT2D eigenvalue weighted by atomic mass is 9.96. The van der Waals surface area contributed by atoms with E-state index in [1.807, 2.05) is 24.3 Å². The molecule has 0 fully saturated rings. The molecule has 4 heteroatoms. The summed E-state index contributed by atoms with van der Waals surface area (Å²) in [6.45, 7) is 0. The molecule has 0 spiro atoms. The number of benzene rings is 10. The summed E-state index contributed by atoms with van der Waals surface area (Å²) in [5, 5.41) is 9.31. The van der Waals surface area contributed by atoms with Crippen LogP contribution < -0.4 is 4.90 Å². The third-order valence-corrected chi connectivity index (χ3v) is 12.5. The van der Waals surface area contributed by atoms with Gasteiger partial charge in [-0.1, -0.05) is 140 Å². The first-order chi connectivity index (χ1) is 30.7. The number of rotatable bonds is 6. The number of furan rings is 2. The zero-order valence-corrected chi connectivity index (χ0v) is 33.5. The van der Waals surface area contributed by atoms with Crippen molar-refractivity contribution >= 4 is 93.5 Å². The van der Waals surface area contributed by atoms with E-state index in [1.165, 1.54) is 38.1 Å². The Hall–Kier alpha value is -8.34. The number of para-hydroxylation sites is 5. The fraction of sp³-hybridized carbons (Fsp3) is 0. The van der Waals surface area contributed by atoms with Gasteiger partial charge in [0.15, 0.2) is 0 Å². The molecule has 0 saturated carbocycles. The quantitative estimate of drug-likeness (QED) is 0.168. The number of fused-ring (bicyclic) bond motifs is 10. The summed E-state index contributed by atoms with van der Waals surface area (Å²) in [7, 11) is 0. The molecule has 0 radical (unpaired) electrons. The molecule has 13 aromatic rings. The number of nitrogens with zero attached hydrogens (tertiary/aromatic N) is 2. The predicted molar refractivity (Wildman–Crippen MR) is 258 cm³/mol. The number of aromatic nitrogens is 1. The van der Waals surface area contributed by atoms with Crippen molar-refractivity contribution < 1.29 is 8.83 Å². The van der Waals surface area contributed by atoms with Gasteiger partial charge in [-0.15, -0.1) is 0 Å². The van der Waals surface area contributed by atoms with Crippen molar-refractivity contribution in [3.63, 3.8) is 0 Å². The Morgan fingerprint density at radius 1 is 0.323 bits per heavy atom. The Labute approximate surface area is 356 Å². The van der Waals surface area contributed by atoms with Crippen LogP contribution in [0.25, 0.3) is 104 Å². The van der Waals surface area contributed by atoms with Crippen LogP contribution >= 0.6 is 0 Å². The molecule has 0 atom stereocenters. The lowest BCUT2D eigenvalue weighted by molar-refractivity contribution is 0.669. The van der Waals surface area contributed by atoms with Gasteiger partial charge >= 0.3 is 0 Å². The SMILES string of the molecule is c1cc(-c2cc(-n3c4ccccc4c4ccccc43)cc3ccccc23)cc(N(c2cccc(-c3cccc4c3oc3ccccc34)c2)c2ccc3c(c2)oc2ccccc23)c1. The standard InChI is InChI=1S/C58H36N2O2/c1-2-19-44-37(14-1)34-43(60-53-26-7-3-20-46(53)47-21-4-8-27-54(47)60)35-52(44)39-16-12-18-41(33-39)59(42-30-31-50-48-22-5-9-28-55(48)61-57(50)36-42)40-17-11-15-38(32-40)45-24-13-25-51-49-23-6-10-29-56(49)62-58(45)51/h1-36H. The van der Waals surface area contributed by atoms with Crippen LogP contribution in [0.4, 0.5) is 17.1 Å². The van der Waals surface area contributed by atoms with Gasteiger partial charge in [0, 0.05) is 66.7 Å². The molecule has 3 aromatic heterocycles. The van der Waals surface area contributed by atoms with Crippen LogP contribution in [0.15, 0.2) is 227 Å². The van der Waals surface area contributed by atoms with Gasteiger partial charge in [-0.2, -0.15) is 0 Å². The molecule has 0 aliphatic heterocycles. The Morgan fingerprint density at radius 2 is 0.855 bits per heavy atom. The highest BCUT2D eigenvalue weighted by molar-refractivity contribution is 6.11. The average molecular weight is 793 g/mol. The second kappa shape index (κ2) is 13.6. The molecule has 62 heavy (non-hydrogen) atoms. The van der Waals surface area contributed by atoms with Crippen molar-refractivity contribution in [3.05, 3.63) is 218 Å². The van der Waals surface area contributed by atoms with Crippen molar-refractivity contribution in [1.29, 1.82) is 0 Å². The highest BCUT2D eigenvalue weighted by atomic mass is 16.3. The molecule has 290 valence electrons. The molecule has 0 amide bonds.